The molecule has 5 heteroatoms. The Morgan fingerprint density at radius 1 is 1.47 bits per heavy atom. The highest BCUT2D eigenvalue weighted by Crippen LogP contribution is 2.19. The third-order valence-electron chi connectivity index (χ3n) is 1.87. The third kappa shape index (κ3) is 6.51. The van der Waals surface area contributed by atoms with Gasteiger partial charge in [0, 0.05) is 10.0 Å². The second-order valence-electron chi connectivity index (χ2n) is 4.78. The molecule has 0 radical (unpaired) electrons. The largest absolute Gasteiger partial charge is 0.444 e. The van der Waals surface area contributed by atoms with Crippen molar-refractivity contribution in [1.82, 2.24) is 5.32 Å². The molecule has 19 heavy (non-hydrogen) atoms. The highest BCUT2D eigenvalue weighted by molar-refractivity contribution is 9.10. The van der Waals surface area contributed by atoms with Crippen LogP contribution in [0.2, 0.25) is 5.02 Å². The van der Waals surface area contributed by atoms with Crippen molar-refractivity contribution in [3.05, 3.63) is 33.3 Å². The predicted octanol–water partition coefficient (Wildman–Crippen LogP) is 3.98. The van der Waals surface area contributed by atoms with E-state index in [2.05, 4.69) is 33.1 Å². The lowest BCUT2D eigenvalue weighted by atomic mass is 10.2. The number of hydrogen-bond acceptors (Lipinski definition) is 2. The molecule has 0 saturated heterocycles. The molecular formula is C14H15BrClNO2. The molecule has 0 fully saturated rings. The zero-order valence-electron chi connectivity index (χ0n) is 11.0. The van der Waals surface area contributed by atoms with E-state index in [0.717, 1.165) is 4.47 Å². The molecule has 1 amide bonds. The summed E-state index contributed by atoms with van der Waals surface area (Å²) in [5.74, 6) is 5.71. The normalized spacial score (nSPS) is 10.4. The van der Waals surface area contributed by atoms with Gasteiger partial charge in [0.2, 0.25) is 0 Å². The van der Waals surface area contributed by atoms with Gasteiger partial charge in [0.15, 0.2) is 0 Å². The molecular weight excluding hydrogens is 330 g/mol. The average molecular weight is 345 g/mol. The van der Waals surface area contributed by atoms with Crippen molar-refractivity contribution >= 4 is 33.6 Å². The summed E-state index contributed by atoms with van der Waals surface area (Å²) in [5, 5.41) is 3.13. The number of benzene rings is 1. The minimum absolute atomic E-state index is 0.206. The third-order valence-corrected chi connectivity index (χ3v) is 2.69. The molecule has 1 aromatic rings. The fourth-order valence-electron chi connectivity index (χ4n) is 1.16. The number of ether oxygens (including phenoxy) is 1. The lowest BCUT2D eigenvalue weighted by molar-refractivity contribution is 0.0535. The summed E-state index contributed by atoms with van der Waals surface area (Å²) in [6, 6.07) is 5.42. The lowest BCUT2D eigenvalue weighted by Gasteiger charge is -2.19. The second-order valence-corrected chi connectivity index (χ2v) is 6.10. The van der Waals surface area contributed by atoms with Crippen LogP contribution in [0.15, 0.2) is 22.7 Å². The van der Waals surface area contributed by atoms with E-state index in [4.69, 9.17) is 16.3 Å². The first-order valence-electron chi connectivity index (χ1n) is 5.69. The molecule has 0 bridgehead atoms. The Morgan fingerprint density at radius 2 is 2.16 bits per heavy atom. The monoisotopic (exact) mass is 343 g/mol. The number of rotatable bonds is 1. The van der Waals surface area contributed by atoms with E-state index >= 15 is 0 Å². The summed E-state index contributed by atoms with van der Waals surface area (Å²) >= 11 is 9.33. The summed E-state index contributed by atoms with van der Waals surface area (Å²) in [5.41, 5.74) is 0.201. The molecule has 0 spiro atoms. The van der Waals surface area contributed by atoms with E-state index in [9.17, 15) is 4.79 Å². The molecule has 0 aliphatic heterocycles. The number of halogens is 2. The van der Waals surface area contributed by atoms with Gasteiger partial charge in [0.25, 0.3) is 0 Å². The van der Waals surface area contributed by atoms with Crippen LogP contribution in [0.4, 0.5) is 4.79 Å². The number of amides is 1. The van der Waals surface area contributed by atoms with Crippen LogP contribution in [0.25, 0.3) is 0 Å². The van der Waals surface area contributed by atoms with Crippen LogP contribution in [-0.2, 0) is 4.74 Å². The summed E-state index contributed by atoms with van der Waals surface area (Å²) in [6.45, 7) is 5.62. The van der Waals surface area contributed by atoms with Gasteiger partial charge in [-0.05, 0) is 39.0 Å². The van der Waals surface area contributed by atoms with Crippen LogP contribution < -0.4 is 5.32 Å². The Hall–Kier alpha value is -1.18. The maximum absolute atomic E-state index is 11.4. The number of carbonyl (C=O) groups is 1. The Morgan fingerprint density at radius 3 is 2.79 bits per heavy atom. The summed E-state index contributed by atoms with van der Waals surface area (Å²) < 4.78 is 5.99. The van der Waals surface area contributed by atoms with Crippen molar-refractivity contribution in [1.29, 1.82) is 0 Å². The first-order chi connectivity index (χ1) is 8.78. The van der Waals surface area contributed by atoms with Crippen molar-refractivity contribution in [2.24, 2.45) is 0 Å². The van der Waals surface area contributed by atoms with Gasteiger partial charge in [-0.1, -0.05) is 39.4 Å². The fourth-order valence-corrected chi connectivity index (χ4v) is 1.69. The zero-order valence-corrected chi connectivity index (χ0v) is 13.4. The predicted molar refractivity (Wildman–Crippen MR) is 80.3 cm³/mol. The molecule has 0 aliphatic carbocycles. The molecule has 0 unspecified atom stereocenters. The fraction of sp³-hybridized carbons (Fsp3) is 0.357. The van der Waals surface area contributed by atoms with Crippen LogP contribution in [0.5, 0.6) is 0 Å². The van der Waals surface area contributed by atoms with Gasteiger partial charge in [-0.2, -0.15) is 0 Å². The van der Waals surface area contributed by atoms with Crippen LogP contribution in [0, 0.1) is 11.8 Å². The molecule has 0 aliphatic rings. The molecule has 3 nitrogen and oxygen atoms in total. The first-order valence-corrected chi connectivity index (χ1v) is 6.86. The van der Waals surface area contributed by atoms with Gasteiger partial charge in [0.05, 0.1) is 11.6 Å². The van der Waals surface area contributed by atoms with Crippen LogP contribution >= 0.6 is 27.5 Å². The van der Waals surface area contributed by atoms with E-state index in [-0.39, 0.29) is 6.54 Å². The number of alkyl carbamates (subject to hydrolysis) is 1. The average Bonchev–Trinajstić information content (AvgIpc) is 2.26. The van der Waals surface area contributed by atoms with Crippen LogP contribution in [0.1, 0.15) is 26.3 Å². The molecule has 0 heterocycles. The smallest absolute Gasteiger partial charge is 0.408 e. The molecule has 102 valence electrons. The maximum Gasteiger partial charge on any atom is 0.408 e. The van der Waals surface area contributed by atoms with Crippen molar-refractivity contribution in [2.45, 2.75) is 26.4 Å². The molecule has 1 aromatic carbocycles. The molecule has 0 saturated carbocycles. The summed E-state index contributed by atoms with van der Waals surface area (Å²) in [7, 11) is 0. The summed E-state index contributed by atoms with van der Waals surface area (Å²) in [4.78, 5) is 11.4. The van der Waals surface area contributed by atoms with E-state index in [1.54, 1.807) is 26.8 Å². The second kappa shape index (κ2) is 6.83. The highest BCUT2D eigenvalue weighted by Gasteiger charge is 2.14. The first kappa shape index (κ1) is 15.9. The quantitative estimate of drug-likeness (QED) is 0.783. The highest BCUT2D eigenvalue weighted by atomic mass is 79.9. The minimum Gasteiger partial charge on any atom is -0.444 e. The van der Waals surface area contributed by atoms with Gasteiger partial charge in [-0.3, -0.25) is 0 Å². The molecule has 0 atom stereocenters. The van der Waals surface area contributed by atoms with Gasteiger partial charge >= 0.3 is 6.09 Å². The standard InChI is InChI=1S/C14H15BrClNO2/c1-14(2,3)19-13(18)17-8-4-5-10-9-11(15)6-7-12(10)16/h6-7,9H,8H2,1-3H3,(H,17,18). The van der Waals surface area contributed by atoms with E-state index in [0.29, 0.717) is 10.6 Å². The summed E-state index contributed by atoms with van der Waals surface area (Å²) in [6.07, 6.45) is -0.484. The van der Waals surface area contributed by atoms with Crippen LogP contribution in [-0.4, -0.2) is 18.2 Å². The van der Waals surface area contributed by atoms with Crippen molar-refractivity contribution in [2.75, 3.05) is 6.54 Å². The number of hydrogen-bond donors (Lipinski definition) is 1. The van der Waals surface area contributed by atoms with Gasteiger partial charge in [-0.25, -0.2) is 4.79 Å². The maximum atomic E-state index is 11.4. The lowest BCUT2D eigenvalue weighted by Crippen LogP contribution is -2.32. The molecule has 0 aromatic heterocycles. The van der Waals surface area contributed by atoms with E-state index in [1.807, 2.05) is 12.1 Å². The Labute approximate surface area is 126 Å². The Balaban J connectivity index is 2.52. The van der Waals surface area contributed by atoms with Crippen LogP contribution in [0.3, 0.4) is 0 Å². The SMILES string of the molecule is CC(C)(C)OC(=O)NCC#Cc1cc(Br)ccc1Cl. The topological polar surface area (TPSA) is 38.3 Å². The van der Waals surface area contributed by atoms with Crippen molar-refractivity contribution in [3.8, 4) is 11.8 Å². The van der Waals surface area contributed by atoms with Gasteiger partial charge in [-0.15, -0.1) is 0 Å². The molecule has 1 rings (SSSR count). The van der Waals surface area contributed by atoms with E-state index in [1.165, 1.54) is 0 Å². The van der Waals surface area contributed by atoms with E-state index < -0.39 is 11.7 Å². The van der Waals surface area contributed by atoms with Gasteiger partial charge < -0.3 is 10.1 Å². The number of nitrogens with one attached hydrogen (secondary N) is 1. The molecule has 1 N–H and O–H groups in total. The van der Waals surface area contributed by atoms with Crippen molar-refractivity contribution in [3.63, 3.8) is 0 Å². The Kier molecular flexibility index (Phi) is 5.71. The van der Waals surface area contributed by atoms with Gasteiger partial charge in [0.1, 0.15) is 5.60 Å². The zero-order chi connectivity index (χ0) is 14.5. The van der Waals surface area contributed by atoms with Crippen molar-refractivity contribution < 1.29 is 9.53 Å². The number of carbonyl (C=O) groups excluding carboxylic acids is 1. The minimum atomic E-state index is -0.509. The Bertz CT molecular complexity index is 526.